The Morgan fingerprint density at radius 3 is 2.70 bits per heavy atom. The lowest BCUT2D eigenvalue weighted by molar-refractivity contribution is -0.115. The number of nitrogens with two attached hydrogens (primary N) is 1. The third kappa shape index (κ3) is 1.84. The van der Waals surface area contributed by atoms with Gasteiger partial charge in [-0.1, -0.05) is 18.2 Å². The fourth-order valence-electron chi connectivity index (χ4n) is 2.36. The molecule has 0 radical (unpaired) electrons. The summed E-state index contributed by atoms with van der Waals surface area (Å²) in [6.45, 7) is 0. The van der Waals surface area contributed by atoms with E-state index in [0.29, 0.717) is 17.0 Å². The Balaban J connectivity index is 2.07. The molecule has 2 heterocycles. The maximum Gasteiger partial charge on any atom is 0.267 e. The lowest BCUT2D eigenvalue weighted by Gasteiger charge is -2.23. The van der Waals surface area contributed by atoms with Gasteiger partial charge in [0, 0.05) is 11.8 Å². The summed E-state index contributed by atoms with van der Waals surface area (Å²) in [5.74, 6) is -0.487. The van der Waals surface area contributed by atoms with Crippen molar-refractivity contribution in [1.29, 1.82) is 5.26 Å². The summed E-state index contributed by atoms with van der Waals surface area (Å²) in [6.07, 6.45) is 7.42. The molecule has 3 N–H and O–H groups in total. The molecule has 2 aliphatic rings. The highest BCUT2D eigenvalue weighted by Crippen LogP contribution is 2.29. The maximum atomic E-state index is 11.7. The number of primary amides is 1. The fourth-order valence-corrected chi connectivity index (χ4v) is 2.36. The SMILES string of the molecule is N#Cc1ccc(C2=C(C(N)=O)N3C=CC=CC3N2)cc1. The zero-order valence-corrected chi connectivity index (χ0v) is 10.6. The first kappa shape index (κ1) is 12.1. The first-order chi connectivity index (χ1) is 9.70. The zero-order chi connectivity index (χ0) is 14.1. The van der Waals surface area contributed by atoms with E-state index in [1.807, 2.05) is 24.4 Å². The van der Waals surface area contributed by atoms with E-state index < -0.39 is 5.91 Å². The number of amides is 1. The van der Waals surface area contributed by atoms with Crippen molar-refractivity contribution in [3.8, 4) is 6.07 Å². The van der Waals surface area contributed by atoms with Crippen molar-refractivity contribution in [3.05, 3.63) is 65.5 Å². The summed E-state index contributed by atoms with van der Waals surface area (Å²) in [4.78, 5) is 13.5. The molecule has 0 aliphatic carbocycles. The molecule has 1 atom stereocenters. The first-order valence-corrected chi connectivity index (χ1v) is 6.15. The highest BCUT2D eigenvalue weighted by Gasteiger charge is 2.32. The summed E-state index contributed by atoms with van der Waals surface area (Å²) in [5.41, 5.74) is 8.02. The Labute approximate surface area is 116 Å². The second-order valence-electron chi connectivity index (χ2n) is 4.50. The number of nitrogens with one attached hydrogen (secondary N) is 1. The van der Waals surface area contributed by atoms with E-state index in [1.54, 1.807) is 29.2 Å². The standard InChI is InChI=1S/C15H12N4O/c16-9-10-4-6-11(7-5-10)13-14(15(17)20)19-8-2-1-3-12(19)18-13/h1-8,12,18H,(H2,17,20). The van der Waals surface area contributed by atoms with Gasteiger partial charge >= 0.3 is 0 Å². The molecule has 1 amide bonds. The van der Waals surface area contributed by atoms with E-state index in [-0.39, 0.29) is 6.17 Å². The highest BCUT2D eigenvalue weighted by atomic mass is 16.1. The molecule has 2 aliphatic heterocycles. The third-order valence-corrected chi connectivity index (χ3v) is 3.27. The van der Waals surface area contributed by atoms with Crippen LogP contribution in [0, 0.1) is 11.3 Å². The Bertz CT molecular complexity index is 692. The van der Waals surface area contributed by atoms with Crippen LogP contribution in [0.3, 0.4) is 0 Å². The van der Waals surface area contributed by atoms with Gasteiger partial charge in [0.05, 0.1) is 17.3 Å². The van der Waals surface area contributed by atoms with Crippen molar-refractivity contribution in [2.75, 3.05) is 0 Å². The maximum absolute atomic E-state index is 11.7. The fraction of sp³-hybridized carbons (Fsp3) is 0.0667. The molecule has 0 aromatic heterocycles. The molecule has 0 saturated carbocycles. The van der Waals surface area contributed by atoms with Crippen LogP contribution < -0.4 is 11.1 Å². The number of hydrogen-bond acceptors (Lipinski definition) is 4. The van der Waals surface area contributed by atoms with Gasteiger partial charge in [-0.25, -0.2) is 0 Å². The van der Waals surface area contributed by atoms with Crippen LogP contribution in [0.2, 0.25) is 0 Å². The molecule has 1 aromatic carbocycles. The van der Waals surface area contributed by atoms with Crippen LogP contribution in [0.1, 0.15) is 11.1 Å². The number of nitrogens with zero attached hydrogens (tertiary/aromatic N) is 2. The predicted octanol–water partition coefficient (Wildman–Crippen LogP) is 1.03. The monoisotopic (exact) mass is 264 g/mol. The number of benzene rings is 1. The van der Waals surface area contributed by atoms with E-state index in [0.717, 1.165) is 5.56 Å². The van der Waals surface area contributed by atoms with Gasteiger partial charge in [0.1, 0.15) is 11.9 Å². The Hall–Kier alpha value is -3.00. The van der Waals surface area contributed by atoms with Gasteiger partial charge in [-0.3, -0.25) is 4.79 Å². The molecule has 3 rings (SSSR count). The second kappa shape index (κ2) is 4.59. The molecular formula is C15H12N4O. The molecule has 0 saturated heterocycles. The molecule has 0 spiro atoms. The number of carbonyl (C=O) groups is 1. The zero-order valence-electron chi connectivity index (χ0n) is 10.6. The minimum Gasteiger partial charge on any atom is -0.364 e. The number of allylic oxidation sites excluding steroid dienone is 2. The van der Waals surface area contributed by atoms with Crippen molar-refractivity contribution in [3.63, 3.8) is 0 Å². The summed E-state index contributed by atoms with van der Waals surface area (Å²) < 4.78 is 0. The van der Waals surface area contributed by atoms with Crippen molar-refractivity contribution in [2.24, 2.45) is 5.73 Å². The smallest absolute Gasteiger partial charge is 0.267 e. The molecule has 98 valence electrons. The molecule has 0 bridgehead atoms. The minimum absolute atomic E-state index is 0.104. The highest BCUT2D eigenvalue weighted by molar-refractivity contribution is 6.00. The molecular weight excluding hydrogens is 252 g/mol. The van der Waals surface area contributed by atoms with Crippen LogP contribution >= 0.6 is 0 Å². The third-order valence-electron chi connectivity index (χ3n) is 3.27. The molecule has 5 heteroatoms. The van der Waals surface area contributed by atoms with Crippen LogP contribution in [0.25, 0.3) is 5.70 Å². The van der Waals surface area contributed by atoms with Gasteiger partial charge in [0.2, 0.25) is 0 Å². The molecule has 20 heavy (non-hydrogen) atoms. The largest absolute Gasteiger partial charge is 0.364 e. The number of hydrogen-bond donors (Lipinski definition) is 2. The number of rotatable bonds is 2. The van der Waals surface area contributed by atoms with Crippen molar-refractivity contribution < 1.29 is 4.79 Å². The summed E-state index contributed by atoms with van der Waals surface area (Å²) in [5, 5.41) is 12.1. The number of carbonyl (C=O) groups excluding carboxylic acids is 1. The van der Waals surface area contributed by atoms with Gasteiger partial charge < -0.3 is 16.0 Å². The second-order valence-corrected chi connectivity index (χ2v) is 4.50. The van der Waals surface area contributed by atoms with Gasteiger partial charge in [-0.15, -0.1) is 0 Å². The predicted molar refractivity (Wildman–Crippen MR) is 74.3 cm³/mol. The Morgan fingerprint density at radius 2 is 2.05 bits per heavy atom. The average Bonchev–Trinajstić information content (AvgIpc) is 2.86. The van der Waals surface area contributed by atoms with Crippen LogP contribution in [-0.2, 0) is 4.79 Å². The lowest BCUT2D eigenvalue weighted by atomic mass is 10.1. The normalized spacial score (nSPS) is 19.6. The average molecular weight is 264 g/mol. The van der Waals surface area contributed by atoms with E-state index in [9.17, 15) is 4.79 Å². The topological polar surface area (TPSA) is 82.1 Å². The van der Waals surface area contributed by atoms with Crippen LogP contribution in [0.4, 0.5) is 0 Å². The van der Waals surface area contributed by atoms with E-state index >= 15 is 0 Å². The molecule has 5 nitrogen and oxygen atoms in total. The van der Waals surface area contributed by atoms with Crippen molar-refractivity contribution >= 4 is 11.6 Å². The first-order valence-electron chi connectivity index (χ1n) is 6.15. The van der Waals surface area contributed by atoms with Crippen molar-refractivity contribution in [1.82, 2.24) is 10.2 Å². The van der Waals surface area contributed by atoms with E-state index in [2.05, 4.69) is 11.4 Å². The Morgan fingerprint density at radius 1 is 1.30 bits per heavy atom. The number of fused-ring (bicyclic) bond motifs is 1. The van der Waals surface area contributed by atoms with Gasteiger partial charge in [-0.05, 0) is 24.3 Å². The van der Waals surface area contributed by atoms with Crippen LogP contribution in [0.5, 0.6) is 0 Å². The van der Waals surface area contributed by atoms with Crippen LogP contribution in [-0.4, -0.2) is 17.0 Å². The summed E-state index contributed by atoms with van der Waals surface area (Å²) in [6, 6.07) is 9.10. The quantitative estimate of drug-likeness (QED) is 0.835. The number of nitriles is 1. The van der Waals surface area contributed by atoms with Gasteiger partial charge in [0.25, 0.3) is 5.91 Å². The van der Waals surface area contributed by atoms with E-state index in [1.165, 1.54) is 0 Å². The van der Waals surface area contributed by atoms with Gasteiger partial charge in [-0.2, -0.15) is 5.26 Å². The Kier molecular flexibility index (Phi) is 2.77. The van der Waals surface area contributed by atoms with Crippen LogP contribution in [0.15, 0.2) is 54.4 Å². The summed E-state index contributed by atoms with van der Waals surface area (Å²) >= 11 is 0. The molecule has 0 fully saturated rings. The van der Waals surface area contributed by atoms with Crippen molar-refractivity contribution in [2.45, 2.75) is 6.17 Å². The van der Waals surface area contributed by atoms with E-state index in [4.69, 9.17) is 11.0 Å². The minimum atomic E-state index is -0.487. The summed E-state index contributed by atoms with van der Waals surface area (Å²) in [7, 11) is 0. The van der Waals surface area contributed by atoms with Gasteiger partial charge in [0.15, 0.2) is 0 Å². The molecule has 1 aromatic rings. The molecule has 1 unspecified atom stereocenters. The lowest BCUT2D eigenvalue weighted by Crippen LogP contribution is -2.35.